The average Bonchev–Trinajstić information content (AvgIpc) is 2.63. The number of ether oxygens (including phenoxy) is 1. The molecule has 0 amide bonds. The number of hydrogen-bond donors (Lipinski definition) is 2. The minimum atomic E-state index is -0.682. The zero-order valence-electron chi connectivity index (χ0n) is 15.3. The van der Waals surface area contributed by atoms with Crippen LogP contribution in [0.1, 0.15) is 20.8 Å². The van der Waals surface area contributed by atoms with Crippen molar-refractivity contribution in [3.05, 3.63) is 49.5 Å². The molecule has 0 fully saturated rings. The Morgan fingerprint density at radius 2 is 1.81 bits per heavy atom. The number of fused-ring (bicyclic) bond motifs is 1. The summed E-state index contributed by atoms with van der Waals surface area (Å²) in [5, 5.41) is 10.0. The van der Waals surface area contributed by atoms with Crippen LogP contribution in [0.4, 0.5) is 0 Å². The van der Waals surface area contributed by atoms with Gasteiger partial charge in [-0.2, -0.15) is 4.98 Å². The van der Waals surface area contributed by atoms with Crippen LogP contribution < -0.4 is 21.7 Å². The largest absolute Gasteiger partial charge is 0.504 e. The number of hydrogen-bond acceptors (Lipinski definition) is 6. The monoisotopic (exact) mass is 372 g/mol. The zero-order chi connectivity index (χ0) is 19.7. The standard InChI is InChI=1S/C18H20N4O5/c1-4-21-15-13(16(24)22(5-2)18(21)26)14(19-17(25)20-15)10-7-8-11(23)12(9-10)27-6-3/h7-9,23H,4-6H2,1-3H3,(H,19,20,25). The van der Waals surface area contributed by atoms with Gasteiger partial charge < -0.3 is 14.8 Å². The van der Waals surface area contributed by atoms with Gasteiger partial charge in [-0.3, -0.25) is 13.9 Å². The van der Waals surface area contributed by atoms with Gasteiger partial charge in [0.15, 0.2) is 17.1 Å². The van der Waals surface area contributed by atoms with Crippen LogP contribution in [-0.2, 0) is 13.1 Å². The van der Waals surface area contributed by atoms with Gasteiger partial charge in [0.05, 0.1) is 12.3 Å². The summed E-state index contributed by atoms with van der Waals surface area (Å²) >= 11 is 0. The predicted molar refractivity (Wildman–Crippen MR) is 101 cm³/mol. The van der Waals surface area contributed by atoms with Crippen molar-refractivity contribution in [2.45, 2.75) is 33.9 Å². The molecule has 0 atom stereocenters. The molecule has 9 heteroatoms. The highest BCUT2D eigenvalue weighted by atomic mass is 16.5. The molecule has 0 saturated carbocycles. The van der Waals surface area contributed by atoms with Crippen LogP contribution >= 0.6 is 0 Å². The maximum atomic E-state index is 12.9. The third kappa shape index (κ3) is 3.01. The first-order chi connectivity index (χ1) is 12.9. The fourth-order valence-electron chi connectivity index (χ4n) is 3.04. The summed E-state index contributed by atoms with van der Waals surface area (Å²) < 4.78 is 7.77. The molecule has 3 rings (SSSR count). The lowest BCUT2D eigenvalue weighted by atomic mass is 10.1. The van der Waals surface area contributed by atoms with E-state index < -0.39 is 16.9 Å². The van der Waals surface area contributed by atoms with Gasteiger partial charge in [-0.05, 0) is 39.0 Å². The second-order valence-corrected chi connectivity index (χ2v) is 5.81. The van der Waals surface area contributed by atoms with Crippen molar-refractivity contribution in [3.8, 4) is 22.8 Å². The summed E-state index contributed by atoms with van der Waals surface area (Å²) in [7, 11) is 0. The molecular formula is C18H20N4O5. The van der Waals surface area contributed by atoms with Crippen molar-refractivity contribution in [1.82, 2.24) is 19.1 Å². The Bertz CT molecular complexity index is 1190. The Morgan fingerprint density at radius 1 is 1.11 bits per heavy atom. The van der Waals surface area contributed by atoms with Gasteiger partial charge in [-0.25, -0.2) is 9.59 Å². The normalized spacial score (nSPS) is 11.1. The van der Waals surface area contributed by atoms with E-state index in [2.05, 4.69) is 9.97 Å². The van der Waals surface area contributed by atoms with E-state index >= 15 is 0 Å². The van der Waals surface area contributed by atoms with Crippen molar-refractivity contribution in [3.63, 3.8) is 0 Å². The highest BCUT2D eigenvalue weighted by molar-refractivity contribution is 5.90. The fraction of sp³-hybridized carbons (Fsp3) is 0.333. The number of nitrogens with zero attached hydrogens (tertiary/aromatic N) is 3. The molecule has 0 bridgehead atoms. The molecule has 2 N–H and O–H groups in total. The molecule has 0 aliphatic heterocycles. The summed E-state index contributed by atoms with van der Waals surface area (Å²) in [5.74, 6) is 0.165. The minimum absolute atomic E-state index is 0.0296. The summed E-state index contributed by atoms with van der Waals surface area (Å²) in [6.07, 6.45) is 0. The third-order valence-corrected chi connectivity index (χ3v) is 4.27. The van der Waals surface area contributed by atoms with E-state index in [1.54, 1.807) is 26.8 Å². The Kier molecular flexibility index (Phi) is 4.85. The number of benzene rings is 1. The van der Waals surface area contributed by atoms with E-state index in [1.807, 2.05) is 0 Å². The number of aromatic nitrogens is 4. The topological polar surface area (TPSA) is 119 Å². The molecule has 0 saturated heterocycles. The molecule has 1 aromatic carbocycles. The average molecular weight is 372 g/mol. The van der Waals surface area contributed by atoms with Crippen molar-refractivity contribution in [1.29, 1.82) is 0 Å². The predicted octanol–water partition coefficient (Wildman–Crippen LogP) is 1.06. The fourth-order valence-corrected chi connectivity index (χ4v) is 3.04. The molecule has 0 unspecified atom stereocenters. The molecule has 0 radical (unpaired) electrons. The lowest BCUT2D eigenvalue weighted by Crippen LogP contribution is -2.41. The van der Waals surface area contributed by atoms with Gasteiger partial charge in [0.1, 0.15) is 5.39 Å². The van der Waals surface area contributed by atoms with Gasteiger partial charge in [-0.15, -0.1) is 0 Å². The first-order valence-corrected chi connectivity index (χ1v) is 8.66. The summed E-state index contributed by atoms with van der Waals surface area (Å²) in [6.45, 7) is 5.98. The maximum Gasteiger partial charge on any atom is 0.347 e. The van der Waals surface area contributed by atoms with Gasteiger partial charge in [0, 0.05) is 18.7 Å². The summed E-state index contributed by atoms with van der Waals surface area (Å²) in [5.41, 5.74) is -1.02. The Morgan fingerprint density at radius 3 is 2.44 bits per heavy atom. The number of phenols is 1. The van der Waals surface area contributed by atoms with Crippen molar-refractivity contribution >= 4 is 11.0 Å². The van der Waals surface area contributed by atoms with E-state index in [-0.39, 0.29) is 41.3 Å². The van der Waals surface area contributed by atoms with Gasteiger partial charge in [0.25, 0.3) is 5.56 Å². The molecule has 2 heterocycles. The van der Waals surface area contributed by atoms with Crippen LogP contribution in [0.2, 0.25) is 0 Å². The summed E-state index contributed by atoms with van der Waals surface area (Å²) in [6, 6.07) is 4.50. The number of rotatable bonds is 5. The maximum absolute atomic E-state index is 12.9. The summed E-state index contributed by atoms with van der Waals surface area (Å²) in [4.78, 5) is 44.0. The number of aryl methyl sites for hydroxylation is 1. The Balaban J connectivity index is 2.48. The van der Waals surface area contributed by atoms with Gasteiger partial charge in [0.2, 0.25) is 0 Å². The van der Waals surface area contributed by atoms with E-state index in [4.69, 9.17) is 4.74 Å². The molecule has 0 aliphatic carbocycles. The van der Waals surface area contributed by atoms with Crippen LogP contribution in [-0.4, -0.2) is 30.8 Å². The number of phenolic OH excluding ortho intramolecular Hbond substituents is 1. The van der Waals surface area contributed by atoms with Crippen LogP contribution in [0.25, 0.3) is 22.3 Å². The van der Waals surface area contributed by atoms with Crippen molar-refractivity contribution < 1.29 is 9.84 Å². The lowest BCUT2D eigenvalue weighted by molar-refractivity contribution is 0.318. The second-order valence-electron chi connectivity index (χ2n) is 5.81. The second kappa shape index (κ2) is 7.10. The zero-order valence-corrected chi connectivity index (χ0v) is 15.3. The molecule has 27 heavy (non-hydrogen) atoms. The Labute approximate surface area is 153 Å². The van der Waals surface area contributed by atoms with Gasteiger partial charge in [-0.1, -0.05) is 0 Å². The molecule has 0 aliphatic rings. The molecule has 2 aromatic heterocycles. The Hall–Kier alpha value is -3.36. The minimum Gasteiger partial charge on any atom is -0.504 e. The number of aromatic hydroxyl groups is 1. The number of H-pyrrole nitrogens is 1. The van der Waals surface area contributed by atoms with E-state index in [9.17, 15) is 19.5 Å². The highest BCUT2D eigenvalue weighted by Crippen LogP contribution is 2.32. The highest BCUT2D eigenvalue weighted by Gasteiger charge is 2.19. The van der Waals surface area contributed by atoms with Crippen LogP contribution in [0.5, 0.6) is 11.5 Å². The SMILES string of the molecule is CCOc1cc(-c2[nH]c(=O)nc3c2c(=O)n(CC)c(=O)n3CC)ccc1O. The van der Waals surface area contributed by atoms with E-state index in [1.165, 1.54) is 16.7 Å². The first kappa shape index (κ1) is 18.4. The van der Waals surface area contributed by atoms with Crippen molar-refractivity contribution in [2.24, 2.45) is 0 Å². The molecular weight excluding hydrogens is 352 g/mol. The number of aromatic amines is 1. The van der Waals surface area contributed by atoms with Crippen LogP contribution in [0.3, 0.4) is 0 Å². The van der Waals surface area contributed by atoms with Crippen LogP contribution in [0, 0.1) is 0 Å². The van der Waals surface area contributed by atoms with Crippen LogP contribution in [0.15, 0.2) is 32.6 Å². The quantitative estimate of drug-likeness (QED) is 0.691. The molecule has 0 spiro atoms. The van der Waals surface area contributed by atoms with E-state index in [0.29, 0.717) is 12.2 Å². The lowest BCUT2D eigenvalue weighted by Gasteiger charge is -2.14. The molecule has 3 aromatic rings. The van der Waals surface area contributed by atoms with E-state index in [0.717, 1.165) is 4.57 Å². The first-order valence-electron chi connectivity index (χ1n) is 8.66. The van der Waals surface area contributed by atoms with Gasteiger partial charge >= 0.3 is 11.4 Å². The molecule has 9 nitrogen and oxygen atoms in total. The third-order valence-electron chi connectivity index (χ3n) is 4.27. The number of nitrogens with one attached hydrogen (secondary N) is 1. The smallest absolute Gasteiger partial charge is 0.347 e. The molecule has 142 valence electrons. The van der Waals surface area contributed by atoms with Crippen molar-refractivity contribution in [2.75, 3.05) is 6.61 Å².